The Bertz CT molecular complexity index is 833. The fraction of sp³-hybridized carbons (Fsp3) is 0.389. The Balaban J connectivity index is 2.10. The SMILES string of the molecule is [B]c1c([B])c(-c2cncc(C3COB(O)C3)c2)c([B])c(OCCC)c1OC. The summed E-state index contributed by atoms with van der Waals surface area (Å²) in [5, 5.41) is 9.62. The van der Waals surface area contributed by atoms with Gasteiger partial charge in [0.15, 0.2) is 11.5 Å². The zero-order chi connectivity index (χ0) is 19.6. The lowest BCUT2D eigenvalue weighted by Gasteiger charge is -2.23. The van der Waals surface area contributed by atoms with E-state index in [-0.39, 0.29) is 11.4 Å². The number of hydrogen-bond acceptors (Lipinski definition) is 5. The van der Waals surface area contributed by atoms with E-state index < -0.39 is 7.12 Å². The van der Waals surface area contributed by atoms with E-state index in [2.05, 4.69) is 4.98 Å². The summed E-state index contributed by atoms with van der Waals surface area (Å²) in [5.41, 5.74) is 3.17. The van der Waals surface area contributed by atoms with E-state index in [0.29, 0.717) is 47.5 Å². The predicted octanol–water partition coefficient (Wildman–Crippen LogP) is -0.478. The van der Waals surface area contributed by atoms with E-state index in [4.69, 9.17) is 37.7 Å². The molecule has 2 heterocycles. The summed E-state index contributed by atoms with van der Waals surface area (Å²) in [7, 11) is 19.6. The van der Waals surface area contributed by atoms with Crippen molar-refractivity contribution in [1.29, 1.82) is 0 Å². The summed E-state index contributed by atoms with van der Waals surface area (Å²) in [6.45, 7) is 2.90. The van der Waals surface area contributed by atoms with Crippen molar-refractivity contribution in [3.63, 3.8) is 0 Å². The second-order valence-corrected chi connectivity index (χ2v) is 6.55. The second kappa shape index (κ2) is 8.44. The quantitative estimate of drug-likeness (QED) is 0.709. The molecule has 9 heteroatoms. The molecule has 0 bridgehead atoms. The molecule has 5 nitrogen and oxygen atoms in total. The van der Waals surface area contributed by atoms with Crippen LogP contribution < -0.4 is 25.9 Å². The van der Waals surface area contributed by atoms with Gasteiger partial charge < -0.3 is 19.2 Å². The molecule has 0 amide bonds. The highest BCUT2D eigenvalue weighted by molar-refractivity contribution is 6.55. The largest absolute Gasteiger partial charge is 0.494 e. The molecule has 3 rings (SSSR count). The van der Waals surface area contributed by atoms with E-state index in [0.717, 1.165) is 17.5 Å². The van der Waals surface area contributed by atoms with Gasteiger partial charge in [-0.05, 0) is 41.0 Å². The van der Waals surface area contributed by atoms with E-state index in [1.54, 1.807) is 12.4 Å². The zero-order valence-corrected chi connectivity index (χ0v) is 15.6. The number of pyridine rings is 1. The molecule has 0 aliphatic carbocycles. The summed E-state index contributed by atoms with van der Waals surface area (Å²) < 4.78 is 16.4. The highest BCUT2D eigenvalue weighted by Crippen LogP contribution is 2.31. The van der Waals surface area contributed by atoms with Gasteiger partial charge >= 0.3 is 7.12 Å². The van der Waals surface area contributed by atoms with Crippen LogP contribution in [0.15, 0.2) is 18.5 Å². The van der Waals surface area contributed by atoms with Gasteiger partial charge in [-0.3, -0.25) is 4.98 Å². The van der Waals surface area contributed by atoms with Crippen molar-refractivity contribution in [2.45, 2.75) is 25.6 Å². The number of benzene rings is 1. The molecule has 2 aromatic rings. The van der Waals surface area contributed by atoms with Gasteiger partial charge in [0.1, 0.15) is 23.5 Å². The molecule has 6 radical (unpaired) electrons. The third kappa shape index (κ3) is 3.90. The van der Waals surface area contributed by atoms with Gasteiger partial charge in [0.2, 0.25) is 0 Å². The Kier molecular flexibility index (Phi) is 6.22. The molecule has 1 aromatic heterocycles. The van der Waals surface area contributed by atoms with Crippen LogP contribution in [-0.2, 0) is 4.65 Å². The van der Waals surface area contributed by atoms with Crippen LogP contribution in [0.4, 0.5) is 0 Å². The van der Waals surface area contributed by atoms with Crippen molar-refractivity contribution >= 4 is 47.0 Å². The number of ether oxygens (including phenoxy) is 2. The maximum Gasteiger partial charge on any atom is 0.454 e. The number of hydrogen-bond donors (Lipinski definition) is 1. The van der Waals surface area contributed by atoms with Crippen LogP contribution in [0.1, 0.15) is 24.8 Å². The number of methoxy groups -OCH3 is 1. The van der Waals surface area contributed by atoms with Crippen LogP contribution in [0.2, 0.25) is 6.32 Å². The average molecular weight is 357 g/mol. The summed E-state index contributed by atoms with van der Waals surface area (Å²) in [5.74, 6) is 0.769. The lowest BCUT2D eigenvalue weighted by Crippen LogP contribution is -2.36. The predicted molar refractivity (Wildman–Crippen MR) is 110 cm³/mol. The van der Waals surface area contributed by atoms with Crippen LogP contribution in [0, 0.1) is 0 Å². The summed E-state index contributed by atoms with van der Waals surface area (Å²) in [6, 6.07) is 1.94. The van der Waals surface area contributed by atoms with Crippen LogP contribution in [0.25, 0.3) is 11.1 Å². The van der Waals surface area contributed by atoms with Crippen LogP contribution in [0.5, 0.6) is 11.5 Å². The van der Waals surface area contributed by atoms with E-state index in [1.807, 2.05) is 13.0 Å². The Morgan fingerprint density at radius 2 is 2.00 bits per heavy atom. The highest BCUT2D eigenvalue weighted by atomic mass is 16.5. The molecule has 1 aliphatic heterocycles. The molecular formula is C18H19B4NO4. The van der Waals surface area contributed by atoms with Crippen molar-refractivity contribution in [2.75, 3.05) is 20.3 Å². The minimum absolute atomic E-state index is 0.0568. The van der Waals surface area contributed by atoms with Gasteiger partial charge in [0.05, 0.1) is 13.7 Å². The average Bonchev–Trinajstić information content (AvgIpc) is 3.10. The normalized spacial score (nSPS) is 16.6. The smallest absolute Gasteiger partial charge is 0.454 e. The lowest BCUT2D eigenvalue weighted by molar-refractivity contribution is 0.292. The van der Waals surface area contributed by atoms with Gasteiger partial charge in [-0.15, -0.1) is 0 Å². The van der Waals surface area contributed by atoms with Gasteiger partial charge in [-0.1, -0.05) is 17.8 Å². The van der Waals surface area contributed by atoms with Crippen LogP contribution in [0.3, 0.4) is 0 Å². The maximum atomic E-state index is 9.62. The summed E-state index contributed by atoms with van der Waals surface area (Å²) >= 11 is 0. The van der Waals surface area contributed by atoms with E-state index in [1.165, 1.54) is 7.11 Å². The standard InChI is InChI=1S/C18H19B4NO4/c1-3-4-26-18-15(20)13(14(19)16(21)17(18)25-2)11-5-10(7-23-8-11)12-6-22(24)27-9-12/h5,7-8,12,24H,3-4,6,9H2,1-2H3. The molecular weight excluding hydrogens is 337 g/mol. The van der Waals surface area contributed by atoms with Crippen molar-refractivity contribution in [2.24, 2.45) is 0 Å². The molecule has 1 aliphatic rings. The van der Waals surface area contributed by atoms with E-state index >= 15 is 0 Å². The minimum Gasteiger partial charge on any atom is -0.494 e. The molecule has 1 N–H and O–H groups in total. The topological polar surface area (TPSA) is 60.8 Å². The highest BCUT2D eigenvalue weighted by Gasteiger charge is 2.30. The second-order valence-electron chi connectivity index (χ2n) is 6.55. The van der Waals surface area contributed by atoms with Gasteiger partial charge in [0.25, 0.3) is 0 Å². The van der Waals surface area contributed by atoms with Crippen molar-refractivity contribution in [3.05, 3.63) is 24.0 Å². The van der Waals surface area contributed by atoms with Crippen molar-refractivity contribution in [1.82, 2.24) is 4.98 Å². The molecule has 1 atom stereocenters. The third-order valence-corrected chi connectivity index (χ3v) is 4.67. The maximum absolute atomic E-state index is 9.62. The van der Waals surface area contributed by atoms with Gasteiger partial charge in [-0.25, -0.2) is 0 Å². The fourth-order valence-electron chi connectivity index (χ4n) is 3.28. The van der Waals surface area contributed by atoms with E-state index in [9.17, 15) is 5.02 Å². The first-order chi connectivity index (χ1) is 13.0. The fourth-order valence-corrected chi connectivity index (χ4v) is 3.28. The summed E-state index contributed by atoms with van der Waals surface area (Å²) in [6.07, 6.45) is 4.76. The first-order valence-corrected chi connectivity index (χ1v) is 8.90. The Hall–Kier alpha value is -1.85. The first kappa shape index (κ1) is 19.9. The molecule has 132 valence electrons. The minimum atomic E-state index is -0.750. The molecule has 27 heavy (non-hydrogen) atoms. The molecule has 1 saturated heterocycles. The molecule has 0 spiro atoms. The third-order valence-electron chi connectivity index (χ3n) is 4.67. The Morgan fingerprint density at radius 1 is 1.22 bits per heavy atom. The number of rotatable bonds is 6. The van der Waals surface area contributed by atoms with Gasteiger partial charge in [0, 0.05) is 24.9 Å². The first-order valence-electron chi connectivity index (χ1n) is 8.90. The van der Waals surface area contributed by atoms with Crippen molar-refractivity contribution in [3.8, 4) is 22.6 Å². The zero-order valence-electron chi connectivity index (χ0n) is 15.6. The Labute approximate surface area is 164 Å². The summed E-state index contributed by atoms with van der Waals surface area (Å²) in [4.78, 5) is 4.32. The lowest BCUT2D eigenvalue weighted by atomic mass is 9.70. The molecule has 1 fully saturated rings. The molecule has 1 unspecified atom stereocenters. The van der Waals surface area contributed by atoms with Crippen LogP contribution in [-0.4, -0.2) is 61.0 Å². The van der Waals surface area contributed by atoms with Crippen molar-refractivity contribution < 1.29 is 19.2 Å². The Morgan fingerprint density at radius 3 is 2.63 bits per heavy atom. The number of nitrogens with zero attached hydrogens (tertiary/aromatic N) is 1. The van der Waals surface area contributed by atoms with Crippen LogP contribution >= 0.6 is 0 Å². The monoisotopic (exact) mass is 357 g/mol. The molecule has 0 saturated carbocycles. The molecule has 1 aromatic carbocycles. The number of aromatic nitrogens is 1. The van der Waals surface area contributed by atoms with Gasteiger partial charge in [-0.2, -0.15) is 0 Å².